The first-order valence-corrected chi connectivity index (χ1v) is 8.83. The largest absolute Gasteiger partial charge is 0.368 e. The Hall–Kier alpha value is -3.46. The van der Waals surface area contributed by atoms with E-state index in [4.69, 9.17) is 17.3 Å². The van der Waals surface area contributed by atoms with E-state index in [9.17, 15) is 23.6 Å². The Morgan fingerprint density at radius 1 is 0.966 bits per heavy atom. The highest BCUT2D eigenvalue weighted by molar-refractivity contribution is 6.33. The summed E-state index contributed by atoms with van der Waals surface area (Å²) < 4.78 is 13.0. The molecule has 10 heteroatoms. The summed E-state index contributed by atoms with van der Waals surface area (Å²) in [6, 6.07) is 9.40. The Bertz CT molecular complexity index is 934. The first-order valence-electron chi connectivity index (χ1n) is 8.46. The predicted octanol–water partition coefficient (Wildman–Crippen LogP) is 1.45. The van der Waals surface area contributed by atoms with E-state index in [1.54, 1.807) is 0 Å². The normalized spacial score (nSPS) is 10.1. The Balaban J connectivity index is 1.79. The second kappa shape index (κ2) is 10.2. The van der Waals surface area contributed by atoms with Gasteiger partial charge in [-0.25, -0.2) is 4.39 Å². The van der Waals surface area contributed by atoms with Crippen LogP contribution in [0.3, 0.4) is 0 Å². The van der Waals surface area contributed by atoms with E-state index >= 15 is 0 Å². The lowest BCUT2D eigenvalue weighted by atomic mass is 10.2. The fourth-order valence-electron chi connectivity index (χ4n) is 2.26. The third-order valence-corrected chi connectivity index (χ3v) is 3.98. The van der Waals surface area contributed by atoms with Gasteiger partial charge in [0.1, 0.15) is 5.82 Å². The number of halogens is 2. The molecule has 0 unspecified atom stereocenters. The molecule has 0 aromatic heterocycles. The standard InChI is InChI=1S/C19H18ClFN4O4/c20-15-9-12(21)3-6-14(15)19(29)23-8-7-17(27)25-13-4-1-11(2-5-13)18(28)24-10-16(22)26/h1-6,9H,7-8,10H2,(H2,22,26)(H,23,29)(H,24,28)(H,25,27). The molecular formula is C19H18ClFN4O4. The maximum absolute atomic E-state index is 13.0. The molecular weight excluding hydrogens is 403 g/mol. The van der Waals surface area contributed by atoms with E-state index in [0.717, 1.165) is 12.1 Å². The summed E-state index contributed by atoms with van der Waals surface area (Å²) in [4.78, 5) is 46.4. The van der Waals surface area contributed by atoms with Crippen molar-refractivity contribution in [2.45, 2.75) is 6.42 Å². The summed E-state index contributed by atoms with van der Waals surface area (Å²) in [7, 11) is 0. The first kappa shape index (κ1) is 21.8. The number of hydrogen-bond donors (Lipinski definition) is 4. The molecule has 0 heterocycles. The summed E-state index contributed by atoms with van der Waals surface area (Å²) in [6.07, 6.45) is -0.00853. The van der Waals surface area contributed by atoms with Crippen LogP contribution in [0.1, 0.15) is 27.1 Å². The molecule has 0 atom stereocenters. The van der Waals surface area contributed by atoms with Crippen LogP contribution in [0.15, 0.2) is 42.5 Å². The van der Waals surface area contributed by atoms with Crippen molar-refractivity contribution in [1.29, 1.82) is 0 Å². The van der Waals surface area contributed by atoms with Crippen LogP contribution in [-0.4, -0.2) is 36.7 Å². The topological polar surface area (TPSA) is 130 Å². The molecule has 0 aliphatic heterocycles. The van der Waals surface area contributed by atoms with E-state index in [1.807, 2.05) is 0 Å². The second-order valence-corrected chi connectivity index (χ2v) is 6.31. The van der Waals surface area contributed by atoms with Gasteiger partial charge < -0.3 is 21.7 Å². The predicted molar refractivity (Wildman–Crippen MR) is 105 cm³/mol. The molecule has 5 N–H and O–H groups in total. The highest BCUT2D eigenvalue weighted by atomic mass is 35.5. The SMILES string of the molecule is NC(=O)CNC(=O)c1ccc(NC(=O)CCNC(=O)c2ccc(F)cc2Cl)cc1. The van der Waals surface area contributed by atoms with Crippen LogP contribution >= 0.6 is 11.6 Å². The van der Waals surface area contributed by atoms with Gasteiger partial charge in [0.05, 0.1) is 17.1 Å². The number of hydrogen-bond acceptors (Lipinski definition) is 4. The molecule has 4 amide bonds. The Morgan fingerprint density at radius 2 is 1.66 bits per heavy atom. The zero-order chi connectivity index (χ0) is 21.4. The third kappa shape index (κ3) is 6.89. The van der Waals surface area contributed by atoms with Crippen molar-refractivity contribution < 1.29 is 23.6 Å². The molecule has 2 rings (SSSR count). The van der Waals surface area contributed by atoms with Gasteiger partial charge in [-0.15, -0.1) is 0 Å². The number of anilines is 1. The fraction of sp³-hybridized carbons (Fsp3) is 0.158. The Kier molecular flexibility index (Phi) is 7.67. The molecule has 152 valence electrons. The minimum atomic E-state index is -0.656. The van der Waals surface area contributed by atoms with Crippen molar-refractivity contribution in [3.63, 3.8) is 0 Å². The van der Waals surface area contributed by atoms with E-state index in [2.05, 4.69) is 16.0 Å². The highest BCUT2D eigenvalue weighted by Gasteiger charge is 2.12. The number of amides is 4. The molecule has 0 aliphatic rings. The quantitative estimate of drug-likeness (QED) is 0.514. The van der Waals surface area contributed by atoms with Crippen LogP contribution in [0.4, 0.5) is 10.1 Å². The van der Waals surface area contributed by atoms with Gasteiger partial charge in [0.2, 0.25) is 11.8 Å². The van der Waals surface area contributed by atoms with Crippen molar-refractivity contribution in [2.24, 2.45) is 5.73 Å². The van der Waals surface area contributed by atoms with Gasteiger partial charge in [-0.1, -0.05) is 11.6 Å². The molecule has 8 nitrogen and oxygen atoms in total. The van der Waals surface area contributed by atoms with Gasteiger partial charge in [0.15, 0.2) is 0 Å². The maximum Gasteiger partial charge on any atom is 0.252 e. The number of carbonyl (C=O) groups is 4. The molecule has 29 heavy (non-hydrogen) atoms. The van der Waals surface area contributed by atoms with Gasteiger partial charge >= 0.3 is 0 Å². The van der Waals surface area contributed by atoms with Gasteiger partial charge in [-0.05, 0) is 42.5 Å². The lowest BCUT2D eigenvalue weighted by Crippen LogP contribution is -2.33. The highest BCUT2D eigenvalue weighted by Crippen LogP contribution is 2.17. The number of nitrogens with two attached hydrogens (primary N) is 1. The summed E-state index contributed by atoms with van der Waals surface area (Å²) in [5.74, 6) is -2.56. The summed E-state index contributed by atoms with van der Waals surface area (Å²) in [5, 5.41) is 7.47. The number of carbonyl (C=O) groups excluding carboxylic acids is 4. The monoisotopic (exact) mass is 420 g/mol. The van der Waals surface area contributed by atoms with Gasteiger partial charge in [0, 0.05) is 24.2 Å². The van der Waals surface area contributed by atoms with Crippen molar-refractivity contribution >= 4 is 40.9 Å². The molecule has 0 bridgehead atoms. The zero-order valence-electron chi connectivity index (χ0n) is 15.1. The summed E-state index contributed by atoms with van der Waals surface area (Å²) >= 11 is 5.81. The summed E-state index contributed by atoms with van der Waals surface area (Å²) in [5.41, 5.74) is 5.82. The van der Waals surface area contributed by atoms with E-state index < -0.39 is 23.5 Å². The van der Waals surface area contributed by atoms with Crippen molar-refractivity contribution in [3.8, 4) is 0 Å². The molecule has 2 aromatic carbocycles. The minimum Gasteiger partial charge on any atom is -0.368 e. The third-order valence-electron chi connectivity index (χ3n) is 3.67. The number of nitrogens with one attached hydrogen (secondary N) is 3. The zero-order valence-corrected chi connectivity index (χ0v) is 15.9. The number of benzene rings is 2. The van der Waals surface area contributed by atoms with Gasteiger partial charge in [-0.3, -0.25) is 19.2 Å². The number of primary amides is 1. The smallest absolute Gasteiger partial charge is 0.252 e. The molecule has 0 aliphatic carbocycles. The Morgan fingerprint density at radius 3 is 2.28 bits per heavy atom. The molecule has 0 radical (unpaired) electrons. The van der Waals surface area contributed by atoms with Crippen LogP contribution in [0, 0.1) is 5.82 Å². The molecule has 0 saturated heterocycles. The van der Waals surface area contributed by atoms with Gasteiger partial charge in [-0.2, -0.15) is 0 Å². The fourth-order valence-corrected chi connectivity index (χ4v) is 2.51. The first-order chi connectivity index (χ1) is 13.8. The summed E-state index contributed by atoms with van der Waals surface area (Å²) in [6.45, 7) is -0.224. The molecule has 0 spiro atoms. The van der Waals surface area contributed by atoms with E-state index in [0.29, 0.717) is 11.3 Å². The van der Waals surface area contributed by atoms with Crippen LogP contribution in [-0.2, 0) is 9.59 Å². The number of rotatable bonds is 8. The maximum atomic E-state index is 13.0. The minimum absolute atomic E-state index is 0.00853. The van der Waals surface area contributed by atoms with Crippen LogP contribution in [0.5, 0.6) is 0 Å². The van der Waals surface area contributed by atoms with Crippen molar-refractivity contribution in [3.05, 3.63) is 64.4 Å². The van der Waals surface area contributed by atoms with Crippen molar-refractivity contribution in [1.82, 2.24) is 10.6 Å². The molecule has 0 fully saturated rings. The lowest BCUT2D eigenvalue weighted by molar-refractivity contribution is -0.117. The second-order valence-electron chi connectivity index (χ2n) is 5.90. The Labute approximate surface area is 170 Å². The molecule has 0 saturated carbocycles. The van der Waals surface area contributed by atoms with E-state index in [1.165, 1.54) is 30.3 Å². The van der Waals surface area contributed by atoms with E-state index in [-0.39, 0.29) is 36.0 Å². The van der Waals surface area contributed by atoms with Gasteiger partial charge in [0.25, 0.3) is 11.8 Å². The average Bonchev–Trinajstić information content (AvgIpc) is 2.66. The van der Waals surface area contributed by atoms with Crippen LogP contribution < -0.4 is 21.7 Å². The average molecular weight is 421 g/mol. The molecule has 2 aromatic rings. The van der Waals surface area contributed by atoms with Crippen LogP contribution in [0.25, 0.3) is 0 Å². The lowest BCUT2D eigenvalue weighted by Gasteiger charge is -2.08. The van der Waals surface area contributed by atoms with Crippen LogP contribution in [0.2, 0.25) is 5.02 Å². The van der Waals surface area contributed by atoms with Crippen molar-refractivity contribution in [2.75, 3.05) is 18.4 Å².